The molecule has 3 aromatic rings. The molecular formula is C16H13FN2O3S. The Hall–Kier alpha value is -2.54. The van der Waals surface area contributed by atoms with Crippen molar-refractivity contribution < 1.29 is 14.3 Å². The predicted octanol–water partition coefficient (Wildman–Crippen LogP) is 3.22. The standard InChI is InChI=1S/C16H13FN2O3S/c1-8(16(21)22)19-7-18-14-13(15(19)20)12(9(2)23-14)10-3-5-11(17)6-4-10/h3-8H,1-2H3,(H,21,22)/t8-/m1/s1. The number of aliphatic carboxylic acids is 1. The summed E-state index contributed by atoms with van der Waals surface area (Å²) >= 11 is 1.36. The maximum Gasteiger partial charge on any atom is 0.326 e. The van der Waals surface area contributed by atoms with E-state index in [9.17, 15) is 14.0 Å². The van der Waals surface area contributed by atoms with Crippen LogP contribution >= 0.6 is 11.3 Å². The van der Waals surface area contributed by atoms with E-state index in [1.807, 2.05) is 6.92 Å². The summed E-state index contributed by atoms with van der Waals surface area (Å²) in [5, 5.41) is 9.50. The number of carbonyl (C=O) groups is 1. The Kier molecular flexibility index (Phi) is 3.73. The molecule has 0 amide bonds. The van der Waals surface area contributed by atoms with Crippen LogP contribution in [0.2, 0.25) is 0 Å². The summed E-state index contributed by atoms with van der Waals surface area (Å²) in [7, 11) is 0. The van der Waals surface area contributed by atoms with Crippen molar-refractivity contribution in [3.63, 3.8) is 0 Å². The van der Waals surface area contributed by atoms with Gasteiger partial charge in [-0.3, -0.25) is 9.36 Å². The van der Waals surface area contributed by atoms with E-state index in [-0.39, 0.29) is 5.82 Å². The third kappa shape index (κ3) is 2.53. The van der Waals surface area contributed by atoms with Gasteiger partial charge in [0, 0.05) is 10.4 Å². The maximum atomic E-state index is 13.1. The number of aromatic nitrogens is 2. The van der Waals surface area contributed by atoms with Crippen LogP contribution in [0, 0.1) is 12.7 Å². The van der Waals surface area contributed by atoms with E-state index >= 15 is 0 Å². The van der Waals surface area contributed by atoms with E-state index in [2.05, 4.69) is 4.98 Å². The molecule has 1 atom stereocenters. The SMILES string of the molecule is Cc1sc2ncn([C@H](C)C(=O)O)c(=O)c2c1-c1ccc(F)cc1. The zero-order valence-corrected chi connectivity index (χ0v) is 13.2. The van der Waals surface area contributed by atoms with Gasteiger partial charge in [0.05, 0.1) is 11.7 Å². The molecule has 7 heteroatoms. The molecule has 0 spiro atoms. The molecule has 3 rings (SSSR count). The number of carboxylic acids is 1. The lowest BCUT2D eigenvalue weighted by atomic mass is 10.0. The molecule has 23 heavy (non-hydrogen) atoms. The van der Waals surface area contributed by atoms with Crippen LogP contribution < -0.4 is 5.56 Å². The van der Waals surface area contributed by atoms with Gasteiger partial charge in [0.15, 0.2) is 0 Å². The summed E-state index contributed by atoms with van der Waals surface area (Å²) in [5.74, 6) is -1.47. The fraction of sp³-hybridized carbons (Fsp3) is 0.188. The molecule has 0 bridgehead atoms. The van der Waals surface area contributed by atoms with Gasteiger partial charge in [0.25, 0.3) is 5.56 Å². The fourth-order valence-electron chi connectivity index (χ4n) is 2.47. The first-order chi connectivity index (χ1) is 10.9. The van der Waals surface area contributed by atoms with Crippen molar-refractivity contribution in [3.05, 3.63) is 51.6 Å². The monoisotopic (exact) mass is 332 g/mol. The molecular weight excluding hydrogens is 319 g/mol. The molecule has 0 aliphatic heterocycles. The third-order valence-electron chi connectivity index (χ3n) is 3.72. The Morgan fingerprint density at radius 2 is 2.00 bits per heavy atom. The van der Waals surface area contributed by atoms with Gasteiger partial charge >= 0.3 is 5.97 Å². The van der Waals surface area contributed by atoms with Crippen molar-refractivity contribution in [1.82, 2.24) is 9.55 Å². The molecule has 0 aliphatic carbocycles. The van der Waals surface area contributed by atoms with Gasteiger partial charge in [-0.15, -0.1) is 11.3 Å². The molecule has 0 saturated heterocycles. The van der Waals surface area contributed by atoms with Crippen molar-refractivity contribution in [2.75, 3.05) is 0 Å². The minimum Gasteiger partial charge on any atom is -0.480 e. The molecule has 0 fully saturated rings. The zero-order valence-electron chi connectivity index (χ0n) is 12.4. The average Bonchev–Trinajstić information content (AvgIpc) is 2.85. The minimum atomic E-state index is -1.11. The van der Waals surface area contributed by atoms with Gasteiger partial charge in [-0.25, -0.2) is 14.2 Å². The summed E-state index contributed by atoms with van der Waals surface area (Å²) in [6.45, 7) is 3.28. The fourth-order valence-corrected chi connectivity index (χ4v) is 3.48. The van der Waals surface area contributed by atoms with Gasteiger partial charge in [-0.05, 0) is 31.5 Å². The summed E-state index contributed by atoms with van der Waals surface area (Å²) in [5.41, 5.74) is 0.970. The minimum absolute atomic E-state index is 0.360. The summed E-state index contributed by atoms with van der Waals surface area (Å²) in [4.78, 5) is 29.5. The Morgan fingerprint density at radius 1 is 1.35 bits per heavy atom. The highest BCUT2D eigenvalue weighted by Crippen LogP contribution is 2.35. The molecule has 2 heterocycles. The van der Waals surface area contributed by atoms with Gasteiger partial charge in [-0.1, -0.05) is 12.1 Å². The Bertz CT molecular complexity index is 960. The first-order valence-corrected chi connectivity index (χ1v) is 7.70. The number of thiophene rings is 1. The lowest BCUT2D eigenvalue weighted by Gasteiger charge is -2.10. The number of aryl methyl sites for hydroxylation is 1. The second kappa shape index (κ2) is 5.58. The first-order valence-electron chi connectivity index (χ1n) is 6.89. The number of hydrogen-bond acceptors (Lipinski definition) is 4. The maximum absolute atomic E-state index is 13.1. The van der Waals surface area contributed by atoms with E-state index in [0.29, 0.717) is 21.3 Å². The van der Waals surface area contributed by atoms with Crippen LogP contribution in [-0.2, 0) is 4.79 Å². The Morgan fingerprint density at radius 3 is 2.61 bits per heavy atom. The zero-order chi connectivity index (χ0) is 16.7. The smallest absolute Gasteiger partial charge is 0.326 e. The molecule has 0 aliphatic rings. The molecule has 1 N–H and O–H groups in total. The highest BCUT2D eigenvalue weighted by Gasteiger charge is 2.21. The number of nitrogens with zero attached hydrogens (tertiary/aromatic N) is 2. The van der Waals surface area contributed by atoms with Crippen molar-refractivity contribution in [3.8, 4) is 11.1 Å². The number of halogens is 1. The van der Waals surface area contributed by atoms with Gasteiger partial charge in [0.2, 0.25) is 0 Å². The Labute approximate surface area is 134 Å². The van der Waals surface area contributed by atoms with Crippen LogP contribution in [0.15, 0.2) is 35.4 Å². The van der Waals surface area contributed by atoms with E-state index in [4.69, 9.17) is 5.11 Å². The summed E-state index contributed by atoms with van der Waals surface area (Å²) in [6.07, 6.45) is 1.26. The quantitative estimate of drug-likeness (QED) is 0.799. The largest absolute Gasteiger partial charge is 0.480 e. The highest BCUT2D eigenvalue weighted by atomic mass is 32.1. The van der Waals surface area contributed by atoms with Crippen LogP contribution in [0.3, 0.4) is 0 Å². The van der Waals surface area contributed by atoms with E-state index in [0.717, 1.165) is 9.44 Å². The van der Waals surface area contributed by atoms with Gasteiger partial charge in [0.1, 0.15) is 16.7 Å². The second-order valence-electron chi connectivity index (χ2n) is 5.19. The molecule has 5 nitrogen and oxygen atoms in total. The average molecular weight is 332 g/mol. The lowest BCUT2D eigenvalue weighted by molar-refractivity contribution is -0.140. The van der Waals surface area contributed by atoms with Crippen molar-refractivity contribution in [2.24, 2.45) is 0 Å². The number of carboxylic acid groups (broad SMARTS) is 1. The number of hydrogen-bond donors (Lipinski definition) is 1. The number of fused-ring (bicyclic) bond motifs is 1. The third-order valence-corrected chi connectivity index (χ3v) is 4.73. The lowest BCUT2D eigenvalue weighted by Crippen LogP contribution is -2.28. The van der Waals surface area contributed by atoms with E-state index < -0.39 is 17.6 Å². The van der Waals surface area contributed by atoms with Crippen LogP contribution in [0.1, 0.15) is 17.8 Å². The first kappa shape index (κ1) is 15.4. The topological polar surface area (TPSA) is 72.2 Å². The normalized spacial score (nSPS) is 12.5. The van der Waals surface area contributed by atoms with Crippen LogP contribution in [0.25, 0.3) is 21.3 Å². The van der Waals surface area contributed by atoms with Crippen LogP contribution in [0.4, 0.5) is 4.39 Å². The molecule has 0 radical (unpaired) electrons. The Balaban J connectivity index is 2.32. The molecule has 0 saturated carbocycles. The summed E-state index contributed by atoms with van der Waals surface area (Å²) < 4.78 is 14.2. The van der Waals surface area contributed by atoms with Crippen molar-refractivity contribution >= 4 is 27.5 Å². The highest BCUT2D eigenvalue weighted by molar-refractivity contribution is 7.19. The molecule has 118 valence electrons. The number of rotatable bonds is 3. The van der Waals surface area contributed by atoms with E-state index in [1.54, 1.807) is 12.1 Å². The van der Waals surface area contributed by atoms with Gasteiger partial charge in [-0.2, -0.15) is 0 Å². The summed E-state index contributed by atoms with van der Waals surface area (Å²) in [6, 6.07) is 4.84. The van der Waals surface area contributed by atoms with Gasteiger partial charge < -0.3 is 5.11 Å². The molecule has 2 aromatic heterocycles. The number of benzene rings is 1. The van der Waals surface area contributed by atoms with E-state index in [1.165, 1.54) is 36.7 Å². The molecule has 0 unspecified atom stereocenters. The second-order valence-corrected chi connectivity index (χ2v) is 6.39. The van der Waals surface area contributed by atoms with Crippen LogP contribution in [-0.4, -0.2) is 20.6 Å². The predicted molar refractivity (Wildman–Crippen MR) is 86.4 cm³/mol. The molecule has 1 aromatic carbocycles. The van der Waals surface area contributed by atoms with Crippen molar-refractivity contribution in [1.29, 1.82) is 0 Å². The van der Waals surface area contributed by atoms with Crippen molar-refractivity contribution in [2.45, 2.75) is 19.9 Å². The van der Waals surface area contributed by atoms with Crippen LogP contribution in [0.5, 0.6) is 0 Å².